The predicted octanol–water partition coefficient (Wildman–Crippen LogP) is 5.22. The van der Waals surface area contributed by atoms with E-state index in [1.54, 1.807) is 40.1 Å². The molecular weight excluding hydrogens is 531 g/mol. The number of benzene rings is 2. The average molecular weight is 571 g/mol. The summed E-state index contributed by atoms with van der Waals surface area (Å²) in [6.45, 7) is 10.2. The third-order valence-corrected chi connectivity index (χ3v) is 7.98. The van der Waals surface area contributed by atoms with Gasteiger partial charge in [0.05, 0.1) is 11.3 Å². The SMILES string of the molecule is CC(C)(C)CC(=O)N1CCN(C(=O)c2cc(-c3ccc(Cl)cc3F)ccc2N(C=O)CCC2CCNCC2)CC1. The summed E-state index contributed by atoms with van der Waals surface area (Å²) in [6.07, 6.45) is 4.19. The van der Waals surface area contributed by atoms with Gasteiger partial charge in [-0.3, -0.25) is 14.4 Å². The third kappa shape index (κ3) is 7.61. The smallest absolute Gasteiger partial charge is 0.256 e. The van der Waals surface area contributed by atoms with Gasteiger partial charge in [0.1, 0.15) is 5.82 Å². The van der Waals surface area contributed by atoms with E-state index in [1.165, 1.54) is 6.07 Å². The number of amides is 3. The van der Waals surface area contributed by atoms with Gasteiger partial charge in [-0.15, -0.1) is 0 Å². The summed E-state index contributed by atoms with van der Waals surface area (Å²) in [5.74, 6) is -0.111. The van der Waals surface area contributed by atoms with Crippen LogP contribution < -0.4 is 10.2 Å². The van der Waals surface area contributed by atoms with E-state index in [9.17, 15) is 18.8 Å². The van der Waals surface area contributed by atoms with Crippen LogP contribution >= 0.6 is 11.6 Å². The molecule has 2 fully saturated rings. The molecule has 1 N–H and O–H groups in total. The fourth-order valence-electron chi connectivity index (χ4n) is 5.47. The van der Waals surface area contributed by atoms with Crippen LogP contribution in [-0.4, -0.2) is 73.8 Å². The maximum absolute atomic E-state index is 14.8. The van der Waals surface area contributed by atoms with E-state index in [-0.39, 0.29) is 22.3 Å². The maximum Gasteiger partial charge on any atom is 0.256 e. The number of halogens is 2. The summed E-state index contributed by atoms with van der Waals surface area (Å²) >= 11 is 5.96. The van der Waals surface area contributed by atoms with Crippen LogP contribution in [0.2, 0.25) is 5.02 Å². The summed E-state index contributed by atoms with van der Waals surface area (Å²) in [6, 6.07) is 9.59. The second-order valence-electron chi connectivity index (χ2n) is 12.0. The maximum atomic E-state index is 14.8. The molecule has 216 valence electrons. The van der Waals surface area contributed by atoms with Gasteiger partial charge in [-0.25, -0.2) is 4.39 Å². The molecule has 2 saturated heterocycles. The highest BCUT2D eigenvalue weighted by atomic mass is 35.5. The van der Waals surface area contributed by atoms with Crippen LogP contribution in [0.15, 0.2) is 36.4 Å². The summed E-state index contributed by atoms with van der Waals surface area (Å²) in [5.41, 5.74) is 1.61. The molecule has 0 saturated carbocycles. The van der Waals surface area contributed by atoms with E-state index in [2.05, 4.69) is 5.32 Å². The molecule has 0 unspecified atom stereocenters. The van der Waals surface area contributed by atoms with Crippen LogP contribution in [0.1, 0.15) is 56.8 Å². The molecule has 0 spiro atoms. The lowest BCUT2D eigenvalue weighted by molar-refractivity contribution is -0.134. The molecule has 0 bridgehead atoms. The molecular formula is C31H40ClFN4O3. The molecule has 9 heteroatoms. The fraction of sp³-hybridized carbons (Fsp3) is 0.516. The zero-order valence-corrected chi connectivity index (χ0v) is 24.5. The minimum atomic E-state index is -0.484. The van der Waals surface area contributed by atoms with Crippen molar-refractivity contribution >= 4 is 35.5 Å². The Kier molecular flexibility index (Phi) is 9.85. The zero-order chi connectivity index (χ0) is 28.9. The molecule has 0 atom stereocenters. The number of rotatable bonds is 8. The van der Waals surface area contributed by atoms with E-state index < -0.39 is 5.82 Å². The quantitative estimate of drug-likeness (QED) is 0.442. The minimum absolute atomic E-state index is 0.0885. The Balaban J connectivity index is 1.59. The topological polar surface area (TPSA) is 73.0 Å². The van der Waals surface area contributed by atoms with Gasteiger partial charge < -0.3 is 20.0 Å². The van der Waals surface area contributed by atoms with Gasteiger partial charge in [-0.2, -0.15) is 0 Å². The van der Waals surface area contributed by atoms with Crippen molar-refractivity contribution in [3.8, 4) is 11.1 Å². The third-order valence-electron chi connectivity index (χ3n) is 7.74. The first-order valence-electron chi connectivity index (χ1n) is 14.1. The Hall–Kier alpha value is -2.97. The van der Waals surface area contributed by atoms with Crippen LogP contribution in [0.3, 0.4) is 0 Å². The number of piperazine rings is 1. The largest absolute Gasteiger partial charge is 0.339 e. The highest BCUT2D eigenvalue weighted by molar-refractivity contribution is 6.30. The van der Waals surface area contributed by atoms with E-state index >= 15 is 0 Å². The van der Waals surface area contributed by atoms with Crippen molar-refractivity contribution in [2.75, 3.05) is 50.7 Å². The molecule has 2 aromatic rings. The number of carbonyl (C=O) groups excluding carboxylic acids is 3. The van der Waals surface area contributed by atoms with E-state index in [0.29, 0.717) is 67.4 Å². The van der Waals surface area contributed by atoms with Crippen LogP contribution in [-0.2, 0) is 9.59 Å². The fourth-order valence-corrected chi connectivity index (χ4v) is 5.62. The number of nitrogens with zero attached hydrogens (tertiary/aromatic N) is 3. The van der Waals surface area contributed by atoms with E-state index in [4.69, 9.17) is 11.6 Å². The Labute approximate surface area is 241 Å². The van der Waals surface area contributed by atoms with Crippen molar-refractivity contribution in [1.82, 2.24) is 15.1 Å². The molecule has 2 heterocycles. The van der Waals surface area contributed by atoms with Crippen LogP contribution in [0.5, 0.6) is 0 Å². The van der Waals surface area contributed by atoms with Crippen molar-refractivity contribution in [1.29, 1.82) is 0 Å². The Bertz CT molecular complexity index is 1220. The highest BCUT2D eigenvalue weighted by Gasteiger charge is 2.29. The highest BCUT2D eigenvalue weighted by Crippen LogP contribution is 2.32. The first-order valence-corrected chi connectivity index (χ1v) is 14.5. The van der Waals surface area contributed by atoms with Gasteiger partial charge in [0.2, 0.25) is 12.3 Å². The van der Waals surface area contributed by atoms with Crippen LogP contribution in [0.4, 0.5) is 10.1 Å². The van der Waals surface area contributed by atoms with Gasteiger partial charge in [0.15, 0.2) is 0 Å². The van der Waals surface area contributed by atoms with E-state index in [1.807, 2.05) is 25.7 Å². The van der Waals surface area contributed by atoms with Crippen LogP contribution in [0, 0.1) is 17.2 Å². The van der Waals surface area contributed by atoms with Gasteiger partial charge in [0, 0.05) is 49.7 Å². The van der Waals surface area contributed by atoms with Crippen molar-refractivity contribution < 1.29 is 18.8 Å². The lowest BCUT2D eigenvalue weighted by atomic mass is 9.91. The molecule has 0 aromatic heterocycles. The molecule has 4 rings (SSSR count). The zero-order valence-electron chi connectivity index (χ0n) is 23.7. The minimum Gasteiger partial charge on any atom is -0.339 e. The Morgan fingerprint density at radius 1 is 1.05 bits per heavy atom. The number of hydrogen-bond donors (Lipinski definition) is 1. The molecule has 0 aliphatic carbocycles. The number of carbonyl (C=O) groups is 3. The second-order valence-corrected chi connectivity index (χ2v) is 12.5. The molecule has 2 aliphatic heterocycles. The van der Waals surface area contributed by atoms with Crippen molar-refractivity contribution in [3.05, 3.63) is 52.8 Å². The first kappa shape index (κ1) is 30.0. The van der Waals surface area contributed by atoms with Crippen molar-refractivity contribution in [2.24, 2.45) is 11.3 Å². The summed E-state index contributed by atoms with van der Waals surface area (Å²) in [4.78, 5) is 44.1. The molecule has 7 nitrogen and oxygen atoms in total. The average Bonchev–Trinajstić information content (AvgIpc) is 2.93. The van der Waals surface area contributed by atoms with Crippen LogP contribution in [0.25, 0.3) is 11.1 Å². The number of piperidine rings is 1. The molecule has 2 aromatic carbocycles. The second kappa shape index (κ2) is 13.1. The number of hydrogen-bond acceptors (Lipinski definition) is 4. The Morgan fingerprint density at radius 2 is 1.73 bits per heavy atom. The predicted molar refractivity (Wildman–Crippen MR) is 157 cm³/mol. The summed E-state index contributed by atoms with van der Waals surface area (Å²) in [7, 11) is 0. The van der Waals surface area contributed by atoms with Gasteiger partial charge >= 0.3 is 0 Å². The molecule has 3 amide bonds. The normalized spacial score (nSPS) is 16.6. The lowest BCUT2D eigenvalue weighted by Gasteiger charge is -2.36. The first-order chi connectivity index (χ1) is 19.1. The molecule has 2 aliphatic rings. The molecule has 40 heavy (non-hydrogen) atoms. The monoisotopic (exact) mass is 570 g/mol. The Morgan fingerprint density at radius 3 is 2.35 bits per heavy atom. The summed E-state index contributed by atoms with van der Waals surface area (Å²) < 4.78 is 14.8. The van der Waals surface area contributed by atoms with Gasteiger partial charge in [-0.05, 0) is 79.6 Å². The standard InChI is InChI=1S/C31H40ClFN4O3/c1-31(2,3)20-29(39)35-14-16-36(17-15-35)30(40)26-18-23(25-6-5-24(32)19-27(25)33)4-7-28(26)37(21-38)13-10-22-8-11-34-12-9-22/h4-7,18-19,21-22,34H,8-17,20H2,1-3H3. The number of anilines is 1. The van der Waals surface area contributed by atoms with Gasteiger partial charge in [0.25, 0.3) is 5.91 Å². The molecule has 0 radical (unpaired) electrons. The van der Waals surface area contributed by atoms with Gasteiger partial charge in [-0.1, -0.05) is 38.4 Å². The lowest BCUT2D eigenvalue weighted by Crippen LogP contribution is -2.51. The van der Waals surface area contributed by atoms with Crippen molar-refractivity contribution in [3.63, 3.8) is 0 Å². The summed E-state index contributed by atoms with van der Waals surface area (Å²) in [5, 5.41) is 3.65. The van der Waals surface area contributed by atoms with E-state index in [0.717, 1.165) is 38.8 Å². The van der Waals surface area contributed by atoms with Crippen molar-refractivity contribution in [2.45, 2.75) is 46.5 Å². The number of nitrogens with one attached hydrogen (secondary N) is 1.